The number of carbonyl (C=O) groups is 1. The summed E-state index contributed by atoms with van der Waals surface area (Å²) >= 11 is 0. The van der Waals surface area contributed by atoms with Crippen LogP contribution in [-0.4, -0.2) is 101 Å². The second kappa shape index (κ2) is 11.2. The highest BCUT2D eigenvalue weighted by Crippen LogP contribution is 2.47. The van der Waals surface area contributed by atoms with Crippen molar-refractivity contribution in [3.63, 3.8) is 0 Å². The molecular formula is C32H40F3N7O2. The van der Waals surface area contributed by atoms with Gasteiger partial charge < -0.3 is 19.4 Å². The Labute approximate surface area is 255 Å². The van der Waals surface area contributed by atoms with Gasteiger partial charge in [0.25, 0.3) is 6.43 Å². The highest BCUT2D eigenvalue weighted by molar-refractivity contribution is 5.87. The molecule has 2 aromatic heterocycles. The summed E-state index contributed by atoms with van der Waals surface area (Å²) in [6.07, 6.45) is 6.26. The van der Waals surface area contributed by atoms with E-state index in [1.165, 1.54) is 6.08 Å². The summed E-state index contributed by atoms with van der Waals surface area (Å²) in [5, 5.41) is 4.48. The van der Waals surface area contributed by atoms with Crippen LogP contribution in [0.5, 0.6) is 0 Å². The zero-order valence-corrected chi connectivity index (χ0v) is 25.3. The lowest BCUT2D eigenvalue weighted by Gasteiger charge is -2.55. The lowest BCUT2D eigenvalue weighted by molar-refractivity contribution is -0.128. The monoisotopic (exact) mass is 611 g/mol. The SMILES string of the molecule is C=CC(=O)N1CCN(C2CN3c4cc(N5CCC6(CC5C)OCC(CF)n5ncc(C)c56)nc(C(F)F)c4C=CCC23)CC1. The van der Waals surface area contributed by atoms with Gasteiger partial charge in [-0.3, -0.25) is 14.4 Å². The first-order chi connectivity index (χ1) is 21.2. The van der Waals surface area contributed by atoms with Gasteiger partial charge in [0, 0.05) is 75.4 Å². The van der Waals surface area contributed by atoms with Crippen molar-refractivity contribution in [1.82, 2.24) is 24.6 Å². The minimum atomic E-state index is -2.71. The number of piperidine rings is 1. The lowest BCUT2D eigenvalue weighted by atomic mass is 9.81. The lowest BCUT2D eigenvalue weighted by Crippen LogP contribution is -2.69. The summed E-state index contributed by atoms with van der Waals surface area (Å²) in [5.74, 6) is 0.515. The minimum Gasteiger partial charge on any atom is -0.366 e. The minimum absolute atomic E-state index is 0.0385. The van der Waals surface area contributed by atoms with Crippen LogP contribution in [0.4, 0.5) is 24.7 Å². The average molecular weight is 612 g/mol. The van der Waals surface area contributed by atoms with Crippen molar-refractivity contribution in [1.29, 1.82) is 0 Å². The number of ether oxygens (including phenoxy) is 1. The fraction of sp³-hybridized carbons (Fsp3) is 0.594. The van der Waals surface area contributed by atoms with Crippen molar-refractivity contribution < 1.29 is 22.7 Å². The van der Waals surface area contributed by atoms with Crippen LogP contribution in [0.25, 0.3) is 6.08 Å². The average Bonchev–Trinajstić information content (AvgIpc) is 3.35. The van der Waals surface area contributed by atoms with Crippen LogP contribution in [0.15, 0.2) is 31.0 Å². The van der Waals surface area contributed by atoms with Gasteiger partial charge in [-0.05, 0) is 38.3 Å². The number of aryl methyl sites for hydroxylation is 1. The quantitative estimate of drug-likeness (QED) is 0.469. The Hall–Kier alpha value is -3.38. The number of piperazine rings is 1. The zero-order valence-electron chi connectivity index (χ0n) is 25.3. The normalized spacial score (nSPS) is 30.1. The van der Waals surface area contributed by atoms with E-state index in [1.54, 1.807) is 10.9 Å². The molecule has 12 heteroatoms. The van der Waals surface area contributed by atoms with Gasteiger partial charge in [-0.2, -0.15) is 5.10 Å². The Morgan fingerprint density at radius 3 is 2.70 bits per heavy atom. The van der Waals surface area contributed by atoms with Gasteiger partial charge in [-0.15, -0.1) is 0 Å². The molecule has 1 amide bonds. The number of hydrogen-bond acceptors (Lipinski definition) is 7. The standard InChI is InChI=1S/C32H40F3N7O2/c1-4-28(43)39-12-10-38(11-13-39)26-18-41-24(26)7-5-6-23-25(41)14-27(37-29(23)31(34)35)40-9-8-32(15-21(40)3)30-20(2)17-36-42(30)22(16-33)19-44-32/h4-6,14,17,21-22,24,26,31H,1,7-13,15-16,18-19H2,2-3H3. The first-order valence-corrected chi connectivity index (χ1v) is 15.7. The second-order valence-electron chi connectivity index (χ2n) is 12.8. The predicted molar refractivity (Wildman–Crippen MR) is 162 cm³/mol. The molecule has 2 aromatic rings. The van der Waals surface area contributed by atoms with Crippen molar-refractivity contribution >= 4 is 23.5 Å². The molecule has 0 N–H and O–H groups in total. The second-order valence-corrected chi connectivity index (χ2v) is 12.8. The summed E-state index contributed by atoms with van der Waals surface area (Å²) in [7, 11) is 0. The summed E-state index contributed by atoms with van der Waals surface area (Å²) in [6.45, 7) is 11.6. The number of pyridine rings is 1. The highest BCUT2D eigenvalue weighted by Gasteiger charge is 2.49. The van der Waals surface area contributed by atoms with E-state index < -0.39 is 24.7 Å². The van der Waals surface area contributed by atoms with E-state index in [1.807, 2.05) is 30.0 Å². The number of rotatable bonds is 5. The van der Waals surface area contributed by atoms with Gasteiger partial charge in [0.15, 0.2) is 0 Å². The van der Waals surface area contributed by atoms with Crippen molar-refractivity contribution in [2.45, 2.75) is 69.3 Å². The summed E-state index contributed by atoms with van der Waals surface area (Å²) in [4.78, 5) is 25.3. The number of carbonyl (C=O) groups excluding carboxylic acids is 1. The number of aromatic nitrogens is 3. The number of nitrogens with zero attached hydrogens (tertiary/aromatic N) is 7. The Morgan fingerprint density at radius 1 is 1.20 bits per heavy atom. The third kappa shape index (κ3) is 4.63. The molecule has 5 aliphatic heterocycles. The van der Waals surface area contributed by atoms with Crippen LogP contribution in [0, 0.1) is 6.92 Å². The van der Waals surface area contributed by atoms with Crippen molar-refractivity contribution in [3.8, 4) is 0 Å². The highest BCUT2D eigenvalue weighted by atomic mass is 19.3. The number of alkyl halides is 3. The van der Waals surface area contributed by atoms with E-state index in [4.69, 9.17) is 4.74 Å². The van der Waals surface area contributed by atoms with Crippen LogP contribution >= 0.6 is 0 Å². The Bertz CT molecular complexity index is 1470. The molecule has 3 saturated heterocycles. The Morgan fingerprint density at radius 2 is 2.00 bits per heavy atom. The number of hydrogen-bond donors (Lipinski definition) is 0. The molecule has 5 unspecified atom stereocenters. The van der Waals surface area contributed by atoms with Crippen LogP contribution < -0.4 is 9.80 Å². The molecule has 0 saturated carbocycles. The van der Waals surface area contributed by atoms with E-state index in [-0.39, 0.29) is 36.3 Å². The van der Waals surface area contributed by atoms with Gasteiger partial charge in [0.2, 0.25) is 5.91 Å². The first-order valence-electron chi connectivity index (χ1n) is 15.7. The number of amides is 1. The van der Waals surface area contributed by atoms with Gasteiger partial charge in [0.1, 0.15) is 29.8 Å². The van der Waals surface area contributed by atoms with Gasteiger partial charge in [-0.25, -0.2) is 18.2 Å². The van der Waals surface area contributed by atoms with Crippen molar-refractivity contribution in [2.24, 2.45) is 0 Å². The van der Waals surface area contributed by atoms with Gasteiger partial charge in [0.05, 0.1) is 24.2 Å². The predicted octanol–water partition coefficient (Wildman–Crippen LogP) is 4.25. The third-order valence-corrected chi connectivity index (χ3v) is 10.4. The number of fused-ring (bicyclic) bond motifs is 5. The van der Waals surface area contributed by atoms with Crippen molar-refractivity contribution in [2.75, 3.05) is 62.3 Å². The summed E-state index contributed by atoms with van der Waals surface area (Å²) in [5.41, 5.74) is 2.43. The van der Waals surface area contributed by atoms with E-state index in [2.05, 4.69) is 38.3 Å². The largest absolute Gasteiger partial charge is 0.366 e. The molecule has 0 aliphatic carbocycles. The van der Waals surface area contributed by atoms with Crippen molar-refractivity contribution in [3.05, 3.63) is 53.5 Å². The maximum absolute atomic E-state index is 14.6. The molecule has 7 heterocycles. The molecule has 236 valence electrons. The van der Waals surface area contributed by atoms with Gasteiger partial charge in [-0.1, -0.05) is 18.7 Å². The molecule has 7 rings (SSSR count). The van der Waals surface area contributed by atoms with E-state index in [9.17, 15) is 18.0 Å². The van der Waals surface area contributed by atoms with Crippen LogP contribution in [0.2, 0.25) is 0 Å². The molecule has 5 atom stereocenters. The van der Waals surface area contributed by atoms with Crippen LogP contribution in [0.1, 0.15) is 61.2 Å². The molecule has 0 aromatic carbocycles. The molecule has 44 heavy (non-hydrogen) atoms. The molecule has 0 bridgehead atoms. The molecule has 1 spiro atoms. The molecule has 0 radical (unpaired) electrons. The first kappa shape index (κ1) is 29.3. The topological polar surface area (TPSA) is 70.0 Å². The molecule has 3 fully saturated rings. The van der Waals surface area contributed by atoms with Crippen LogP contribution in [-0.2, 0) is 15.1 Å². The fourth-order valence-corrected chi connectivity index (χ4v) is 8.14. The maximum Gasteiger partial charge on any atom is 0.281 e. The number of halogens is 3. The maximum atomic E-state index is 14.6. The zero-order chi connectivity index (χ0) is 30.7. The van der Waals surface area contributed by atoms with E-state index in [0.717, 1.165) is 43.0 Å². The Kier molecular flexibility index (Phi) is 7.47. The number of anilines is 2. The Balaban J connectivity index is 1.14. The molecule has 9 nitrogen and oxygen atoms in total. The summed E-state index contributed by atoms with van der Waals surface area (Å²) in [6, 6.07) is 1.96. The van der Waals surface area contributed by atoms with Crippen LogP contribution in [0.3, 0.4) is 0 Å². The summed E-state index contributed by atoms with van der Waals surface area (Å²) < 4.78 is 51.1. The smallest absolute Gasteiger partial charge is 0.281 e. The van der Waals surface area contributed by atoms with E-state index in [0.29, 0.717) is 43.9 Å². The molecule has 5 aliphatic rings. The molecular weight excluding hydrogens is 571 g/mol. The van der Waals surface area contributed by atoms with E-state index >= 15 is 0 Å². The third-order valence-electron chi connectivity index (χ3n) is 10.4. The van der Waals surface area contributed by atoms with Gasteiger partial charge >= 0.3 is 0 Å². The fourth-order valence-electron chi connectivity index (χ4n) is 8.14.